The maximum atomic E-state index is 12.7. The molecule has 2 N–H and O–H groups in total. The molecular weight excluding hydrogens is 362 g/mol. The predicted octanol–water partition coefficient (Wildman–Crippen LogP) is 2.82. The van der Waals surface area contributed by atoms with E-state index in [-0.39, 0.29) is 5.91 Å². The largest absolute Gasteiger partial charge is 0.339 e. The molecule has 2 aliphatic rings. The first-order chi connectivity index (χ1) is 10.6. The molecule has 122 valence electrons. The minimum Gasteiger partial charge on any atom is -0.339 e. The molecule has 0 aromatic carbocycles. The van der Waals surface area contributed by atoms with E-state index < -0.39 is 5.54 Å². The molecule has 0 unspecified atom stereocenters. The molecule has 1 aliphatic heterocycles. The summed E-state index contributed by atoms with van der Waals surface area (Å²) in [5.41, 5.74) is 5.80. The maximum Gasteiger partial charge on any atom is 0.242 e. The lowest BCUT2D eigenvalue weighted by Gasteiger charge is -2.41. The third kappa shape index (κ3) is 3.72. The molecular formula is C16H24BrN3OS. The third-order valence-electron chi connectivity index (χ3n) is 4.84. The molecule has 4 nitrogen and oxygen atoms in total. The summed E-state index contributed by atoms with van der Waals surface area (Å²) in [4.78, 5) is 18.5. The first kappa shape index (κ1) is 16.4. The van der Waals surface area contributed by atoms with Gasteiger partial charge < -0.3 is 10.6 Å². The zero-order valence-corrected chi connectivity index (χ0v) is 15.3. The molecule has 1 saturated carbocycles. The normalized spacial score (nSPS) is 22.7. The fourth-order valence-electron chi connectivity index (χ4n) is 3.48. The Morgan fingerprint density at radius 2 is 1.86 bits per heavy atom. The summed E-state index contributed by atoms with van der Waals surface area (Å²) in [5.74, 6) is 0.186. The molecule has 1 aromatic heterocycles. The van der Waals surface area contributed by atoms with Crippen molar-refractivity contribution in [2.75, 3.05) is 26.2 Å². The summed E-state index contributed by atoms with van der Waals surface area (Å²) < 4.78 is 1.18. The van der Waals surface area contributed by atoms with E-state index in [1.165, 1.54) is 15.1 Å². The topological polar surface area (TPSA) is 49.6 Å². The van der Waals surface area contributed by atoms with Gasteiger partial charge in [-0.15, -0.1) is 11.3 Å². The molecule has 0 bridgehead atoms. The zero-order chi connectivity index (χ0) is 15.6. The summed E-state index contributed by atoms with van der Waals surface area (Å²) in [6.07, 6.45) is 5.12. The number of amides is 1. The Labute approximate surface area is 144 Å². The predicted molar refractivity (Wildman–Crippen MR) is 93.9 cm³/mol. The van der Waals surface area contributed by atoms with Crippen LogP contribution >= 0.6 is 27.3 Å². The molecule has 0 atom stereocenters. The van der Waals surface area contributed by atoms with Crippen LogP contribution in [0.2, 0.25) is 0 Å². The number of halogens is 1. The van der Waals surface area contributed by atoms with Gasteiger partial charge in [0.15, 0.2) is 0 Å². The summed E-state index contributed by atoms with van der Waals surface area (Å²) in [6, 6.07) is 4.27. The van der Waals surface area contributed by atoms with Crippen LogP contribution in [-0.2, 0) is 11.3 Å². The molecule has 1 aromatic rings. The fraction of sp³-hybridized carbons (Fsp3) is 0.688. The van der Waals surface area contributed by atoms with Crippen molar-refractivity contribution >= 4 is 33.2 Å². The van der Waals surface area contributed by atoms with E-state index in [1.54, 1.807) is 11.3 Å². The molecule has 2 fully saturated rings. The van der Waals surface area contributed by atoms with Gasteiger partial charge in [0, 0.05) is 37.6 Å². The molecule has 3 rings (SSSR count). The van der Waals surface area contributed by atoms with Crippen LogP contribution in [0.4, 0.5) is 0 Å². The second-order valence-electron chi connectivity index (χ2n) is 6.49. The second-order valence-corrected chi connectivity index (χ2v) is 9.04. The number of rotatable bonds is 3. The Bertz CT molecular complexity index is 519. The van der Waals surface area contributed by atoms with E-state index in [2.05, 4.69) is 33.0 Å². The number of nitrogens with two attached hydrogens (primary N) is 1. The molecule has 6 heteroatoms. The lowest BCUT2D eigenvalue weighted by molar-refractivity contribution is -0.140. The van der Waals surface area contributed by atoms with Crippen molar-refractivity contribution in [2.45, 2.75) is 44.2 Å². The van der Waals surface area contributed by atoms with E-state index in [9.17, 15) is 4.79 Å². The molecule has 2 heterocycles. The van der Waals surface area contributed by atoms with Crippen LogP contribution in [0.25, 0.3) is 0 Å². The van der Waals surface area contributed by atoms with Gasteiger partial charge in [-0.1, -0.05) is 19.3 Å². The molecule has 1 aliphatic carbocycles. The monoisotopic (exact) mass is 385 g/mol. The van der Waals surface area contributed by atoms with Gasteiger partial charge in [0.1, 0.15) is 0 Å². The van der Waals surface area contributed by atoms with Crippen LogP contribution < -0.4 is 5.73 Å². The van der Waals surface area contributed by atoms with Crippen molar-refractivity contribution in [3.8, 4) is 0 Å². The highest BCUT2D eigenvalue weighted by Crippen LogP contribution is 2.28. The van der Waals surface area contributed by atoms with Gasteiger partial charge in [0.25, 0.3) is 0 Å². The Balaban J connectivity index is 1.51. The Morgan fingerprint density at radius 1 is 1.18 bits per heavy atom. The van der Waals surface area contributed by atoms with E-state index in [0.717, 1.165) is 58.4 Å². The van der Waals surface area contributed by atoms with Gasteiger partial charge in [-0.2, -0.15) is 0 Å². The first-order valence-corrected chi connectivity index (χ1v) is 9.73. The first-order valence-electron chi connectivity index (χ1n) is 8.12. The van der Waals surface area contributed by atoms with Gasteiger partial charge in [-0.05, 0) is 40.9 Å². The van der Waals surface area contributed by atoms with Crippen LogP contribution in [0.1, 0.15) is 37.0 Å². The average Bonchev–Trinajstić information content (AvgIpc) is 2.93. The Kier molecular flexibility index (Phi) is 5.22. The molecule has 22 heavy (non-hydrogen) atoms. The molecule has 0 spiro atoms. The highest BCUT2D eigenvalue weighted by Gasteiger charge is 2.39. The van der Waals surface area contributed by atoms with Gasteiger partial charge in [-0.25, -0.2) is 0 Å². The lowest BCUT2D eigenvalue weighted by Crippen LogP contribution is -2.60. The van der Waals surface area contributed by atoms with E-state index in [1.807, 2.05) is 4.90 Å². The van der Waals surface area contributed by atoms with Crippen LogP contribution in [-0.4, -0.2) is 47.4 Å². The molecule has 1 saturated heterocycles. The van der Waals surface area contributed by atoms with E-state index in [0.29, 0.717) is 0 Å². The smallest absolute Gasteiger partial charge is 0.242 e. The van der Waals surface area contributed by atoms with Gasteiger partial charge >= 0.3 is 0 Å². The number of hydrogen-bond donors (Lipinski definition) is 1. The molecule has 1 amide bonds. The standard InChI is InChI=1S/C16H24BrN3OS/c17-14-5-4-13(22-14)12-19-8-10-20(11-9-19)15(21)16(18)6-2-1-3-7-16/h4-5H,1-3,6-12,18H2. The summed E-state index contributed by atoms with van der Waals surface area (Å²) in [6.45, 7) is 4.48. The lowest BCUT2D eigenvalue weighted by atomic mass is 9.81. The van der Waals surface area contributed by atoms with E-state index in [4.69, 9.17) is 5.73 Å². The average molecular weight is 386 g/mol. The number of nitrogens with zero attached hydrogens (tertiary/aromatic N) is 2. The highest BCUT2D eigenvalue weighted by atomic mass is 79.9. The number of hydrogen-bond acceptors (Lipinski definition) is 4. The highest BCUT2D eigenvalue weighted by molar-refractivity contribution is 9.11. The van der Waals surface area contributed by atoms with Crippen molar-refractivity contribution in [3.63, 3.8) is 0 Å². The number of carbonyl (C=O) groups is 1. The van der Waals surface area contributed by atoms with Crippen molar-refractivity contribution < 1.29 is 4.79 Å². The van der Waals surface area contributed by atoms with Crippen molar-refractivity contribution in [3.05, 3.63) is 20.8 Å². The Hall–Kier alpha value is -0.430. The maximum absolute atomic E-state index is 12.7. The second kappa shape index (κ2) is 6.99. The van der Waals surface area contributed by atoms with Crippen LogP contribution in [0.5, 0.6) is 0 Å². The minimum absolute atomic E-state index is 0.186. The Morgan fingerprint density at radius 3 is 2.45 bits per heavy atom. The minimum atomic E-state index is -0.584. The number of thiophene rings is 1. The summed E-state index contributed by atoms with van der Waals surface area (Å²) in [7, 11) is 0. The SMILES string of the molecule is NC1(C(=O)N2CCN(Cc3ccc(Br)s3)CC2)CCCCC1. The van der Waals surface area contributed by atoms with Crippen LogP contribution in [0, 0.1) is 0 Å². The van der Waals surface area contributed by atoms with Gasteiger partial charge in [0.2, 0.25) is 5.91 Å². The van der Waals surface area contributed by atoms with E-state index >= 15 is 0 Å². The van der Waals surface area contributed by atoms with Crippen LogP contribution in [0.3, 0.4) is 0 Å². The van der Waals surface area contributed by atoms with Crippen LogP contribution in [0.15, 0.2) is 15.9 Å². The quantitative estimate of drug-likeness (QED) is 0.869. The zero-order valence-electron chi connectivity index (χ0n) is 12.9. The fourth-order valence-corrected chi connectivity index (χ4v) is 5.00. The summed E-state index contributed by atoms with van der Waals surface area (Å²) >= 11 is 5.29. The van der Waals surface area contributed by atoms with Crippen molar-refractivity contribution in [1.29, 1.82) is 0 Å². The van der Waals surface area contributed by atoms with Gasteiger partial charge in [0.05, 0.1) is 9.33 Å². The molecule has 0 radical (unpaired) electrons. The third-order valence-corrected chi connectivity index (χ3v) is 6.45. The number of carbonyl (C=O) groups excluding carboxylic acids is 1. The number of piperazine rings is 1. The van der Waals surface area contributed by atoms with Gasteiger partial charge in [-0.3, -0.25) is 9.69 Å². The van der Waals surface area contributed by atoms with Crippen molar-refractivity contribution in [2.24, 2.45) is 5.73 Å². The van der Waals surface area contributed by atoms with Crippen molar-refractivity contribution in [1.82, 2.24) is 9.80 Å². The summed E-state index contributed by atoms with van der Waals surface area (Å²) in [5, 5.41) is 0.